The van der Waals surface area contributed by atoms with Crippen LogP contribution < -0.4 is 4.74 Å². The van der Waals surface area contributed by atoms with Crippen molar-refractivity contribution in [3.05, 3.63) is 48.2 Å². The second kappa shape index (κ2) is 4.34. The van der Waals surface area contributed by atoms with Gasteiger partial charge in [-0.3, -0.25) is 4.98 Å². The molecule has 0 saturated heterocycles. The van der Waals surface area contributed by atoms with Gasteiger partial charge in [-0.05, 0) is 60.8 Å². The molecule has 2 aromatic rings. The molecule has 1 heterocycles. The molecule has 2 heteroatoms. The van der Waals surface area contributed by atoms with Crippen molar-refractivity contribution in [3.8, 4) is 17.0 Å². The van der Waals surface area contributed by atoms with Gasteiger partial charge in [0.2, 0.25) is 0 Å². The van der Waals surface area contributed by atoms with Crippen molar-refractivity contribution < 1.29 is 4.74 Å². The van der Waals surface area contributed by atoms with Crippen LogP contribution in [0.15, 0.2) is 42.6 Å². The highest BCUT2D eigenvalue weighted by atomic mass is 16.5. The van der Waals surface area contributed by atoms with Gasteiger partial charge in [-0.15, -0.1) is 0 Å². The van der Waals surface area contributed by atoms with Crippen molar-refractivity contribution >= 4 is 0 Å². The van der Waals surface area contributed by atoms with Gasteiger partial charge in [0.1, 0.15) is 5.75 Å². The lowest BCUT2D eigenvalue weighted by molar-refractivity contribution is 0.415. The van der Waals surface area contributed by atoms with Crippen LogP contribution in [0.3, 0.4) is 0 Å². The van der Waals surface area contributed by atoms with E-state index in [1.165, 1.54) is 36.8 Å². The number of hydrogen-bond donors (Lipinski definition) is 0. The molecule has 4 rings (SSSR count). The summed E-state index contributed by atoms with van der Waals surface area (Å²) >= 11 is 0. The molecule has 1 aromatic heterocycles. The van der Waals surface area contributed by atoms with Gasteiger partial charge in [0.25, 0.3) is 0 Å². The molecule has 0 bridgehead atoms. The Kier molecular flexibility index (Phi) is 2.59. The second-order valence-electron chi connectivity index (χ2n) is 6.03. The van der Waals surface area contributed by atoms with Crippen molar-refractivity contribution in [3.63, 3.8) is 0 Å². The maximum Gasteiger partial charge on any atom is 0.128 e. The minimum absolute atomic E-state index is 0.418. The number of aromatic nitrogens is 1. The highest BCUT2D eigenvalue weighted by molar-refractivity contribution is 5.73. The van der Waals surface area contributed by atoms with E-state index >= 15 is 0 Å². The first-order valence-corrected chi connectivity index (χ1v) is 7.44. The Morgan fingerprint density at radius 1 is 1.10 bits per heavy atom. The van der Waals surface area contributed by atoms with E-state index < -0.39 is 0 Å². The summed E-state index contributed by atoms with van der Waals surface area (Å²) in [4.78, 5) is 4.56. The van der Waals surface area contributed by atoms with E-state index in [9.17, 15) is 0 Å². The lowest BCUT2D eigenvalue weighted by Gasteiger charge is -2.21. The average molecular weight is 265 g/mol. The summed E-state index contributed by atoms with van der Waals surface area (Å²) in [6.07, 6.45) is 7.29. The summed E-state index contributed by atoms with van der Waals surface area (Å²) in [5, 5.41) is 0. The number of pyridine rings is 1. The van der Waals surface area contributed by atoms with Crippen molar-refractivity contribution in [2.45, 2.75) is 31.1 Å². The van der Waals surface area contributed by atoms with Crippen LogP contribution in [0.4, 0.5) is 0 Å². The molecule has 102 valence electrons. The lowest BCUT2D eigenvalue weighted by atomic mass is 9.85. The first kappa shape index (κ1) is 12.0. The zero-order valence-corrected chi connectivity index (χ0v) is 11.8. The van der Waals surface area contributed by atoms with Crippen molar-refractivity contribution in [1.29, 1.82) is 0 Å². The summed E-state index contributed by atoms with van der Waals surface area (Å²) < 4.78 is 5.62. The van der Waals surface area contributed by atoms with Gasteiger partial charge in [0.15, 0.2) is 0 Å². The Morgan fingerprint density at radius 3 is 2.55 bits per heavy atom. The Balaban J connectivity index is 1.91. The summed E-state index contributed by atoms with van der Waals surface area (Å²) in [6, 6.07) is 12.6. The predicted molar refractivity (Wildman–Crippen MR) is 79.9 cm³/mol. The fraction of sp³-hybridized carbons (Fsp3) is 0.389. The number of benzene rings is 1. The third kappa shape index (κ3) is 1.75. The molecule has 0 amide bonds. The lowest BCUT2D eigenvalue weighted by Crippen LogP contribution is -2.11. The van der Waals surface area contributed by atoms with Crippen LogP contribution in [0.1, 0.15) is 31.2 Å². The zero-order chi connectivity index (χ0) is 13.6. The molecule has 0 radical (unpaired) electrons. The molecule has 0 unspecified atom stereocenters. The van der Waals surface area contributed by atoms with Gasteiger partial charge in [0.05, 0.1) is 12.8 Å². The van der Waals surface area contributed by atoms with E-state index in [2.05, 4.69) is 35.3 Å². The van der Waals surface area contributed by atoms with Crippen LogP contribution in [0.5, 0.6) is 5.75 Å². The first-order valence-electron chi connectivity index (χ1n) is 7.44. The summed E-state index contributed by atoms with van der Waals surface area (Å²) in [6.45, 7) is 0. The summed E-state index contributed by atoms with van der Waals surface area (Å²) in [7, 11) is 1.75. The standard InChI is InChI=1S/C18H19NO/c1-20-16-7-4-5-14(18(10-11-18)13-8-9-13)17(16)15-6-2-3-12-19-15/h2-7,12-13H,8-11H2,1H3. The molecule has 0 spiro atoms. The van der Waals surface area contributed by atoms with Gasteiger partial charge < -0.3 is 4.74 Å². The van der Waals surface area contributed by atoms with Crippen molar-refractivity contribution in [2.75, 3.05) is 7.11 Å². The Morgan fingerprint density at radius 2 is 1.95 bits per heavy atom. The van der Waals surface area contributed by atoms with Crippen molar-refractivity contribution in [2.24, 2.45) is 5.92 Å². The van der Waals surface area contributed by atoms with Crippen LogP contribution >= 0.6 is 0 Å². The smallest absolute Gasteiger partial charge is 0.128 e. The molecule has 2 saturated carbocycles. The van der Waals surface area contributed by atoms with Crippen LogP contribution in [-0.4, -0.2) is 12.1 Å². The van der Waals surface area contributed by atoms with Crippen LogP contribution in [0, 0.1) is 5.92 Å². The molecule has 20 heavy (non-hydrogen) atoms. The highest BCUT2D eigenvalue weighted by Crippen LogP contribution is 2.64. The SMILES string of the molecule is COc1cccc(C2(C3CC3)CC2)c1-c1ccccn1. The molecule has 2 nitrogen and oxygen atoms in total. The quantitative estimate of drug-likeness (QED) is 0.826. The maximum absolute atomic E-state index is 5.62. The fourth-order valence-corrected chi connectivity index (χ4v) is 3.56. The van der Waals surface area contributed by atoms with Crippen molar-refractivity contribution in [1.82, 2.24) is 4.98 Å². The van der Waals surface area contributed by atoms with Crippen LogP contribution in [0.25, 0.3) is 11.3 Å². The van der Waals surface area contributed by atoms with Crippen LogP contribution in [-0.2, 0) is 5.41 Å². The van der Waals surface area contributed by atoms with Crippen LogP contribution in [0.2, 0.25) is 0 Å². The van der Waals surface area contributed by atoms with Gasteiger partial charge in [-0.1, -0.05) is 18.2 Å². The topological polar surface area (TPSA) is 22.1 Å². The molecule has 0 N–H and O–H groups in total. The van der Waals surface area contributed by atoms with E-state index in [1.807, 2.05) is 12.3 Å². The van der Waals surface area contributed by atoms with E-state index in [-0.39, 0.29) is 0 Å². The van der Waals surface area contributed by atoms with E-state index in [0.717, 1.165) is 17.4 Å². The number of hydrogen-bond acceptors (Lipinski definition) is 2. The minimum Gasteiger partial charge on any atom is -0.496 e. The Hall–Kier alpha value is -1.83. The number of nitrogens with zero attached hydrogens (tertiary/aromatic N) is 1. The maximum atomic E-state index is 5.62. The van der Waals surface area contributed by atoms with Gasteiger partial charge >= 0.3 is 0 Å². The fourth-order valence-electron chi connectivity index (χ4n) is 3.56. The number of methoxy groups -OCH3 is 1. The Labute approximate surface area is 119 Å². The second-order valence-corrected chi connectivity index (χ2v) is 6.03. The largest absolute Gasteiger partial charge is 0.496 e. The summed E-state index contributed by atoms with van der Waals surface area (Å²) in [5.41, 5.74) is 4.12. The molecule has 2 fully saturated rings. The molecule has 2 aliphatic rings. The Bertz CT molecular complexity index is 627. The van der Waals surface area contributed by atoms with Gasteiger partial charge in [-0.2, -0.15) is 0 Å². The molecule has 0 aliphatic heterocycles. The molecule has 1 aromatic carbocycles. The first-order chi connectivity index (χ1) is 9.85. The van der Waals surface area contributed by atoms with E-state index in [0.29, 0.717) is 5.41 Å². The predicted octanol–water partition coefficient (Wildman–Crippen LogP) is 4.20. The number of rotatable bonds is 4. The molecular weight excluding hydrogens is 246 g/mol. The molecular formula is C18H19NO. The molecule has 0 atom stereocenters. The van der Waals surface area contributed by atoms with E-state index in [4.69, 9.17) is 4.74 Å². The summed E-state index contributed by atoms with van der Waals surface area (Å²) in [5.74, 6) is 1.84. The number of ether oxygens (including phenoxy) is 1. The highest BCUT2D eigenvalue weighted by Gasteiger charge is 2.55. The monoisotopic (exact) mass is 265 g/mol. The average Bonchev–Trinajstić information content (AvgIpc) is 3.39. The minimum atomic E-state index is 0.418. The van der Waals surface area contributed by atoms with Gasteiger partial charge in [0, 0.05) is 11.8 Å². The van der Waals surface area contributed by atoms with Gasteiger partial charge in [-0.25, -0.2) is 0 Å². The zero-order valence-electron chi connectivity index (χ0n) is 11.8. The normalized spacial score (nSPS) is 19.6. The molecule has 2 aliphatic carbocycles. The third-order valence-electron chi connectivity index (χ3n) is 4.85. The van der Waals surface area contributed by atoms with E-state index in [1.54, 1.807) is 7.11 Å². The third-order valence-corrected chi connectivity index (χ3v) is 4.85.